The fourth-order valence-corrected chi connectivity index (χ4v) is 3.06. The van der Waals surface area contributed by atoms with Crippen molar-refractivity contribution in [3.8, 4) is 0 Å². The number of carbonyl (C=O) groups is 1. The summed E-state index contributed by atoms with van der Waals surface area (Å²) < 4.78 is 0. The fourth-order valence-electron chi connectivity index (χ4n) is 3.06. The predicted octanol–water partition coefficient (Wildman–Crippen LogP) is 2.52. The summed E-state index contributed by atoms with van der Waals surface area (Å²) >= 11 is 0. The van der Waals surface area contributed by atoms with Gasteiger partial charge in [-0.05, 0) is 42.3 Å². The summed E-state index contributed by atoms with van der Waals surface area (Å²) in [5, 5.41) is 2.91. The summed E-state index contributed by atoms with van der Waals surface area (Å²) in [5.41, 5.74) is 8.30. The molecule has 1 aromatic carbocycles. The first-order chi connectivity index (χ1) is 11.0. The van der Waals surface area contributed by atoms with Gasteiger partial charge in [0.25, 0.3) is 0 Å². The van der Waals surface area contributed by atoms with E-state index in [9.17, 15) is 4.79 Å². The van der Waals surface area contributed by atoms with Gasteiger partial charge in [0.15, 0.2) is 0 Å². The molecule has 0 saturated carbocycles. The maximum atomic E-state index is 11.9. The zero-order valence-corrected chi connectivity index (χ0v) is 14.7. The van der Waals surface area contributed by atoms with Gasteiger partial charge in [-0.2, -0.15) is 0 Å². The minimum absolute atomic E-state index is 0.0774. The van der Waals surface area contributed by atoms with Crippen molar-refractivity contribution in [2.45, 2.75) is 52.7 Å². The van der Waals surface area contributed by atoms with Crippen molar-refractivity contribution in [1.82, 2.24) is 10.2 Å². The highest BCUT2D eigenvalue weighted by molar-refractivity contribution is 5.81. The van der Waals surface area contributed by atoms with Crippen LogP contribution in [0.25, 0.3) is 0 Å². The van der Waals surface area contributed by atoms with Gasteiger partial charge in [0.05, 0.1) is 6.04 Å². The Hall–Kier alpha value is -1.39. The van der Waals surface area contributed by atoms with Crippen LogP contribution in [0.1, 0.15) is 44.7 Å². The normalized spacial score (nSPS) is 20.5. The lowest BCUT2D eigenvalue weighted by molar-refractivity contribution is -0.123. The van der Waals surface area contributed by atoms with Crippen LogP contribution < -0.4 is 11.1 Å². The van der Waals surface area contributed by atoms with Crippen LogP contribution in [-0.4, -0.2) is 29.9 Å². The number of piperidine rings is 1. The fraction of sp³-hybridized carbons (Fsp3) is 0.632. The quantitative estimate of drug-likeness (QED) is 0.847. The Morgan fingerprint density at radius 3 is 2.57 bits per heavy atom. The minimum atomic E-state index is -0.435. The van der Waals surface area contributed by atoms with Crippen LogP contribution in [0.4, 0.5) is 0 Å². The molecule has 3 N–H and O–H groups in total. The summed E-state index contributed by atoms with van der Waals surface area (Å²) in [6.07, 6.45) is 2.66. The number of benzene rings is 1. The van der Waals surface area contributed by atoms with Gasteiger partial charge in [-0.15, -0.1) is 0 Å². The number of hydrogen-bond donors (Lipinski definition) is 2. The van der Waals surface area contributed by atoms with Crippen LogP contribution in [0.15, 0.2) is 24.3 Å². The molecule has 0 bridgehead atoms. The molecule has 1 unspecified atom stereocenters. The third-order valence-electron chi connectivity index (χ3n) is 4.66. The molecule has 0 aliphatic carbocycles. The van der Waals surface area contributed by atoms with Gasteiger partial charge in [0.2, 0.25) is 5.91 Å². The van der Waals surface area contributed by atoms with E-state index in [-0.39, 0.29) is 11.8 Å². The Morgan fingerprint density at radius 2 is 1.96 bits per heavy atom. The highest BCUT2D eigenvalue weighted by Crippen LogP contribution is 2.18. The van der Waals surface area contributed by atoms with Crippen molar-refractivity contribution in [3.05, 3.63) is 35.4 Å². The SMILES string of the molecule is CC1CCCN(Cc2ccc(CNC(=O)[C@@H](N)C(C)C)cc2)C1. The van der Waals surface area contributed by atoms with Crippen LogP contribution in [0.2, 0.25) is 0 Å². The first-order valence-corrected chi connectivity index (χ1v) is 8.79. The summed E-state index contributed by atoms with van der Waals surface area (Å²) in [4.78, 5) is 14.4. The molecule has 0 spiro atoms. The molecule has 128 valence electrons. The first-order valence-electron chi connectivity index (χ1n) is 8.79. The molecule has 1 aromatic rings. The van der Waals surface area contributed by atoms with Crippen molar-refractivity contribution in [2.24, 2.45) is 17.6 Å². The van der Waals surface area contributed by atoms with Crippen molar-refractivity contribution in [3.63, 3.8) is 0 Å². The van der Waals surface area contributed by atoms with Crippen LogP contribution >= 0.6 is 0 Å². The maximum Gasteiger partial charge on any atom is 0.237 e. The number of nitrogens with two attached hydrogens (primary N) is 1. The summed E-state index contributed by atoms with van der Waals surface area (Å²) in [7, 11) is 0. The molecule has 1 saturated heterocycles. The van der Waals surface area contributed by atoms with Gasteiger partial charge in [-0.1, -0.05) is 45.0 Å². The Morgan fingerprint density at radius 1 is 1.30 bits per heavy atom. The van der Waals surface area contributed by atoms with E-state index in [1.807, 2.05) is 13.8 Å². The largest absolute Gasteiger partial charge is 0.351 e. The molecule has 1 amide bonds. The highest BCUT2D eigenvalue weighted by atomic mass is 16.2. The molecule has 1 heterocycles. The van der Waals surface area contributed by atoms with E-state index >= 15 is 0 Å². The molecule has 0 radical (unpaired) electrons. The van der Waals surface area contributed by atoms with E-state index in [4.69, 9.17) is 5.73 Å². The zero-order chi connectivity index (χ0) is 16.8. The molecule has 23 heavy (non-hydrogen) atoms. The Balaban J connectivity index is 1.81. The molecule has 2 atom stereocenters. The highest BCUT2D eigenvalue weighted by Gasteiger charge is 2.17. The van der Waals surface area contributed by atoms with Crippen LogP contribution in [0.5, 0.6) is 0 Å². The number of nitrogens with one attached hydrogen (secondary N) is 1. The molecule has 2 rings (SSSR count). The first kappa shape index (κ1) is 18.0. The third kappa shape index (κ3) is 5.63. The van der Waals surface area contributed by atoms with Gasteiger partial charge < -0.3 is 11.1 Å². The lowest BCUT2D eigenvalue weighted by Gasteiger charge is -2.30. The number of rotatable bonds is 6. The van der Waals surface area contributed by atoms with E-state index < -0.39 is 6.04 Å². The number of hydrogen-bond acceptors (Lipinski definition) is 3. The molecular formula is C19H31N3O. The lowest BCUT2D eigenvalue weighted by Crippen LogP contribution is -2.43. The van der Waals surface area contributed by atoms with Crippen molar-refractivity contribution in [1.29, 1.82) is 0 Å². The average molecular weight is 317 g/mol. The van der Waals surface area contributed by atoms with Gasteiger partial charge in [0.1, 0.15) is 0 Å². The van der Waals surface area contributed by atoms with Crippen LogP contribution in [0.3, 0.4) is 0 Å². The van der Waals surface area contributed by atoms with Crippen molar-refractivity contribution in [2.75, 3.05) is 13.1 Å². The second kappa shape index (κ2) is 8.46. The topological polar surface area (TPSA) is 58.4 Å². The van der Waals surface area contributed by atoms with Crippen molar-refractivity contribution < 1.29 is 4.79 Å². The van der Waals surface area contributed by atoms with E-state index in [0.29, 0.717) is 6.54 Å². The Bertz CT molecular complexity index is 498. The van der Waals surface area contributed by atoms with E-state index in [2.05, 4.69) is 41.4 Å². The van der Waals surface area contributed by atoms with E-state index in [0.717, 1.165) is 18.0 Å². The number of carbonyl (C=O) groups excluding carboxylic acids is 1. The molecule has 1 aliphatic rings. The van der Waals surface area contributed by atoms with Gasteiger partial charge in [0, 0.05) is 19.6 Å². The summed E-state index contributed by atoms with van der Waals surface area (Å²) in [6.45, 7) is 10.2. The Kier molecular flexibility index (Phi) is 6.60. The molecule has 0 aromatic heterocycles. The van der Waals surface area contributed by atoms with E-state index in [1.165, 1.54) is 31.5 Å². The minimum Gasteiger partial charge on any atom is -0.351 e. The number of likely N-dealkylation sites (tertiary alicyclic amines) is 1. The maximum absolute atomic E-state index is 11.9. The molecular weight excluding hydrogens is 286 g/mol. The van der Waals surface area contributed by atoms with Gasteiger partial charge in [-0.25, -0.2) is 0 Å². The van der Waals surface area contributed by atoms with Crippen molar-refractivity contribution >= 4 is 5.91 Å². The molecule has 4 heteroatoms. The monoisotopic (exact) mass is 317 g/mol. The van der Waals surface area contributed by atoms with Crippen LogP contribution in [-0.2, 0) is 17.9 Å². The standard InChI is InChI=1S/C19H31N3O/c1-14(2)18(20)19(23)21-11-16-6-8-17(9-7-16)13-22-10-4-5-15(3)12-22/h6-9,14-15,18H,4-5,10-13,20H2,1-3H3,(H,21,23)/t15?,18-/m0/s1. The molecule has 4 nitrogen and oxygen atoms in total. The second-order valence-corrected chi connectivity index (χ2v) is 7.29. The third-order valence-corrected chi connectivity index (χ3v) is 4.66. The zero-order valence-electron chi connectivity index (χ0n) is 14.7. The predicted molar refractivity (Wildman–Crippen MR) is 94.8 cm³/mol. The lowest BCUT2D eigenvalue weighted by atomic mass is 9.99. The second-order valence-electron chi connectivity index (χ2n) is 7.29. The molecule has 1 aliphatic heterocycles. The number of nitrogens with zero attached hydrogens (tertiary/aromatic N) is 1. The molecule has 1 fully saturated rings. The van der Waals surface area contributed by atoms with Gasteiger partial charge in [-0.3, -0.25) is 9.69 Å². The summed E-state index contributed by atoms with van der Waals surface area (Å²) in [6, 6.07) is 8.11. The Labute approximate surface area is 140 Å². The van der Waals surface area contributed by atoms with E-state index in [1.54, 1.807) is 0 Å². The number of amides is 1. The summed E-state index contributed by atoms with van der Waals surface area (Å²) in [5.74, 6) is 0.888. The van der Waals surface area contributed by atoms with Gasteiger partial charge >= 0.3 is 0 Å². The average Bonchev–Trinajstić information content (AvgIpc) is 2.53. The smallest absolute Gasteiger partial charge is 0.237 e. The van der Waals surface area contributed by atoms with Crippen LogP contribution in [0, 0.1) is 11.8 Å².